The molecule has 0 spiro atoms. The molecule has 0 amide bonds. The Bertz CT molecular complexity index is 639. The number of para-hydroxylation sites is 1. The molecule has 1 fully saturated rings. The van der Waals surface area contributed by atoms with Gasteiger partial charge in [0.2, 0.25) is 5.89 Å². The number of rotatable bonds is 6. The first-order valence-electron chi connectivity index (χ1n) is 8.36. The Morgan fingerprint density at radius 2 is 2.13 bits per heavy atom. The first-order valence-corrected chi connectivity index (χ1v) is 8.36. The Kier molecular flexibility index (Phi) is 4.96. The summed E-state index contributed by atoms with van der Waals surface area (Å²) in [7, 11) is 1.65. The van der Waals surface area contributed by atoms with Crippen molar-refractivity contribution in [3.05, 3.63) is 30.2 Å². The Hall–Kier alpha value is -1.88. The standard InChI is InChI=1S/C18H25N3O2/c1-13(2)8-10-21-11-9-14(12-21)17-19-20-18(23-17)15-6-4-5-7-16(15)22-3/h4-7,13-14H,8-12H2,1-3H3. The van der Waals surface area contributed by atoms with Gasteiger partial charge in [-0.25, -0.2) is 0 Å². The van der Waals surface area contributed by atoms with Gasteiger partial charge in [-0.1, -0.05) is 26.0 Å². The first-order chi connectivity index (χ1) is 11.2. The molecule has 1 saturated heterocycles. The lowest BCUT2D eigenvalue weighted by molar-refractivity contribution is 0.305. The number of aromatic nitrogens is 2. The van der Waals surface area contributed by atoms with Crippen LogP contribution >= 0.6 is 0 Å². The monoisotopic (exact) mass is 315 g/mol. The topological polar surface area (TPSA) is 51.4 Å². The molecule has 1 aromatic carbocycles. The van der Waals surface area contributed by atoms with Gasteiger partial charge in [-0.3, -0.25) is 0 Å². The van der Waals surface area contributed by atoms with Crippen molar-refractivity contribution in [1.82, 2.24) is 15.1 Å². The Labute approximate surface area is 137 Å². The van der Waals surface area contributed by atoms with Crippen molar-refractivity contribution in [3.8, 4) is 17.2 Å². The highest BCUT2D eigenvalue weighted by molar-refractivity contribution is 5.62. The van der Waals surface area contributed by atoms with Crippen LogP contribution in [0.2, 0.25) is 0 Å². The van der Waals surface area contributed by atoms with E-state index in [1.807, 2.05) is 24.3 Å². The first kappa shape index (κ1) is 16.0. The van der Waals surface area contributed by atoms with Gasteiger partial charge in [0.25, 0.3) is 5.89 Å². The molecule has 1 atom stereocenters. The van der Waals surface area contributed by atoms with Crippen LogP contribution in [-0.2, 0) is 0 Å². The second-order valence-electron chi connectivity index (χ2n) is 6.61. The van der Waals surface area contributed by atoms with Crippen LogP contribution in [0, 0.1) is 5.92 Å². The fraction of sp³-hybridized carbons (Fsp3) is 0.556. The molecule has 1 aliphatic rings. The van der Waals surface area contributed by atoms with Crippen LogP contribution in [0.15, 0.2) is 28.7 Å². The highest BCUT2D eigenvalue weighted by atomic mass is 16.5. The third kappa shape index (κ3) is 3.72. The lowest BCUT2D eigenvalue weighted by atomic mass is 10.1. The smallest absolute Gasteiger partial charge is 0.251 e. The summed E-state index contributed by atoms with van der Waals surface area (Å²) >= 11 is 0. The van der Waals surface area contributed by atoms with Gasteiger partial charge in [-0.15, -0.1) is 10.2 Å². The molecule has 2 heterocycles. The third-order valence-corrected chi connectivity index (χ3v) is 4.42. The summed E-state index contributed by atoms with van der Waals surface area (Å²) in [5.41, 5.74) is 0.850. The highest BCUT2D eigenvalue weighted by Crippen LogP contribution is 2.32. The predicted octanol–water partition coefficient (Wildman–Crippen LogP) is 3.58. The second-order valence-corrected chi connectivity index (χ2v) is 6.61. The normalized spacial score (nSPS) is 18.7. The fourth-order valence-electron chi connectivity index (χ4n) is 3.01. The second kappa shape index (κ2) is 7.13. The van der Waals surface area contributed by atoms with Gasteiger partial charge in [-0.2, -0.15) is 0 Å². The van der Waals surface area contributed by atoms with Crippen LogP contribution < -0.4 is 4.74 Å². The van der Waals surface area contributed by atoms with Crippen molar-refractivity contribution in [2.45, 2.75) is 32.6 Å². The van der Waals surface area contributed by atoms with Crippen LogP contribution in [0.3, 0.4) is 0 Å². The highest BCUT2D eigenvalue weighted by Gasteiger charge is 2.28. The van der Waals surface area contributed by atoms with Crippen LogP contribution in [0.25, 0.3) is 11.5 Å². The van der Waals surface area contributed by atoms with E-state index in [1.165, 1.54) is 6.42 Å². The molecule has 2 aromatic rings. The minimum absolute atomic E-state index is 0.345. The molecule has 5 nitrogen and oxygen atoms in total. The minimum Gasteiger partial charge on any atom is -0.496 e. The number of hydrogen-bond acceptors (Lipinski definition) is 5. The van der Waals surface area contributed by atoms with Crippen molar-refractivity contribution in [2.75, 3.05) is 26.7 Å². The lowest BCUT2D eigenvalue weighted by Gasteiger charge is -2.16. The SMILES string of the molecule is COc1ccccc1-c1nnc(C2CCN(CCC(C)C)C2)o1. The van der Waals surface area contributed by atoms with E-state index in [-0.39, 0.29) is 0 Å². The quantitative estimate of drug-likeness (QED) is 0.815. The summed E-state index contributed by atoms with van der Waals surface area (Å²) in [5, 5.41) is 8.50. The van der Waals surface area contributed by atoms with E-state index in [1.54, 1.807) is 7.11 Å². The van der Waals surface area contributed by atoms with Gasteiger partial charge in [0.1, 0.15) is 5.75 Å². The number of methoxy groups -OCH3 is 1. The fourth-order valence-corrected chi connectivity index (χ4v) is 3.01. The van der Waals surface area contributed by atoms with Crippen molar-refractivity contribution in [1.29, 1.82) is 0 Å². The summed E-state index contributed by atoms with van der Waals surface area (Å²) in [6.45, 7) is 7.82. The number of ether oxygens (including phenoxy) is 1. The predicted molar refractivity (Wildman–Crippen MR) is 89.5 cm³/mol. The molecule has 0 bridgehead atoms. The number of nitrogens with zero attached hydrogens (tertiary/aromatic N) is 3. The molecule has 5 heteroatoms. The zero-order valence-corrected chi connectivity index (χ0v) is 14.2. The molecule has 1 aromatic heterocycles. The number of hydrogen-bond donors (Lipinski definition) is 0. The molecular formula is C18H25N3O2. The summed E-state index contributed by atoms with van der Waals surface area (Å²) < 4.78 is 11.3. The molecule has 3 rings (SSSR count). The molecule has 23 heavy (non-hydrogen) atoms. The lowest BCUT2D eigenvalue weighted by Crippen LogP contribution is -2.22. The molecule has 0 saturated carbocycles. The van der Waals surface area contributed by atoms with Crippen molar-refractivity contribution < 1.29 is 9.15 Å². The maximum atomic E-state index is 5.94. The average molecular weight is 315 g/mol. The molecule has 0 N–H and O–H groups in total. The maximum Gasteiger partial charge on any atom is 0.251 e. The molecule has 1 unspecified atom stereocenters. The third-order valence-electron chi connectivity index (χ3n) is 4.42. The Morgan fingerprint density at radius 3 is 2.91 bits per heavy atom. The van der Waals surface area contributed by atoms with E-state index in [9.17, 15) is 0 Å². The van der Waals surface area contributed by atoms with Gasteiger partial charge in [0.05, 0.1) is 18.6 Å². The zero-order chi connectivity index (χ0) is 16.2. The van der Waals surface area contributed by atoms with Crippen molar-refractivity contribution in [3.63, 3.8) is 0 Å². The largest absolute Gasteiger partial charge is 0.496 e. The van der Waals surface area contributed by atoms with Gasteiger partial charge >= 0.3 is 0 Å². The van der Waals surface area contributed by atoms with E-state index >= 15 is 0 Å². The number of likely N-dealkylation sites (tertiary alicyclic amines) is 1. The maximum absolute atomic E-state index is 5.94. The van der Waals surface area contributed by atoms with E-state index in [0.717, 1.165) is 49.2 Å². The minimum atomic E-state index is 0.345. The van der Waals surface area contributed by atoms with Crippen LogP contribution in [0.1, 0.15) is 38.5 Å². The summed E-state index contributed by atoms with van der Waals surface area (Å²) in [6.07, 6.45) is 2.33. The molecule has 124 valence electrons. The van der Waals surface area contributed by atoms with E-state index in [0.29, 0.717) is 11.8 Å². The zero-order valence-electron chi connectivity index (χ0n) is 14.2. The summed E-state index contributed by atoms with van der Waals surface area (Å²) in [4.78, 5) is 2.50. The van der Waals surface area contributed by atoms with Crippen LogP contribution in [0.4, 0.5) is 0 Å². The summed E-state index contributed by atoms with van der Waals surface area (Å²) in [6, 6.07) is 7.73. The van der Waals surface area contributed by atoms with Gasteiger partial charge in [0, 0.05) is 6.54 Å². The van der Waals surface area contributed by atoms with E-state index in [2.05, 4.69) is 28.9 Å². The van der Waals surface area contributed by atoms with Crippen molar-refractivity contribution in [2.24, 2.45) is 5.92 Å². The van der Waals surface area contributed by atoms with Gasteiger partial charge < -0.3 is 14.1 Å². The Morgan fingerprint density at radius 1 is 1.30 bits per heavy atom. The van der Waals surface area contributed by atoms with E-state index < -0.39 is 0 Å². The Balaban J connectivity index is 1.68. The van der Waals surface area contributed by atoms with Crippen LogP contribution in [0.5, 0.6) is 5.75 Å². The molecular weight excluding hydrogens is 290 g/mol. The molecule has 0 aliphatic carbocycles. The molecule has 0 radical (unpaired) electrons. The summed E-state index contributed by atoms with van der Waals surface area (Å²) in [5.74, 6) is 3.14. The van der Waals surface area contributed by atoms with Gasteiger partial charge in [-0.05, 0) is 44.0 Å². The average Bonchev–Trinajstić information content (AvgIpc) is 3.22. The number of benzene rings is 1. The molecule has 1 aliphatic heterocycles. The van der Waals surface area contributed by atoms with Crippen LogP contribution in [-0.4, -0.2) is 41.8 Å². The van der Waals surface area contributed by atoms with E-state index in [4.69, 9.17) is 9.15 Å². The van der Waals surface area contributed by atoms with Gasteiger partial charge in [0.15, 0.2) is 0 Å². The van der Waals surface area contributed by atoms with Crippen molar-refractivity contribution >= 4 is 0 Å².